The summed E-state index contributed by atoms with van der Waals surface area (Å²) < 4.78 is 18.8. The number of hydrogen-bond acceptors (Lipinski definition) is 5. The zero-order valence-electron chi connectivity index (χ0n) is 16.2. The van der Waals surface area contributed by atoms with Crippen molar-refractivity contribution in [2.75, 3.05) is 6.61 Å². The predicted molar refractivity (Wildman–Crippen MR) is 120 cm³/mol. The number of hydrogen-bond donors (Lipinski definition) is 0. The molecule has 0 amide bonds. The van der Waals surface area contributed by atoms with Gasteiger partial charge in [0.25, 0.3) is 0 Å². The summed E-state index contributed by atoms with van der Waals surface area (Å²) in [5, 5.41) is 12.0. The number of aliphatic carboxylic acids is 1. The van der Waals surface area contributed by atoms with Gasteiger partial charge < -0.3 is 14.6 Å². The average Bonchev–Trinajstić information content (AvgIpc) is 2.74. The number of aromatic nitrogens is 1. The molecule has 0 atom stereocenters. The van der Waals surface area contributed by atoms with E-state index in [1.54, 1.807) is 42.5 Å². The van der Waals surface area contributed by atoms with Crippen LogP contribution in [-0.2, 0) is 17.0 Å². The lowest BCUT2D eigenvalue weighted by Crippen LogP contribution is -2.18. The zero-order chi connectivity index (χ0) is 22.2. The van der Waals surface area contributed by atoms with Crippen LogP contribution in [0.5, 0.6) is 5.75 Å². The lowest BCUT2D eigenvalue weighted by molar-refractivity contribution is -0.297. The molecule has 31 heavy (non-hydrogen) atoms. The molecule has 0 spiro atoms. The van der Waals surface area contributed by atoms with Crippen LogP contribution in [0, 0.1) is 5.82 Å². The van der Waals surface area contributed by atoms with E-state index in [1.165, 1.54) is 30.0 Å². The van der Waals surface area contributed by atoms with Crippen molar-refractivity contribution in [2.45, 2.75) is 17.1 Å². The summed E-state index contributed by atoms with van der Waals surface area (Å²) in [7, 11) is 0. The molecule has 0 bridgehead atoms. The first-order chi connectivity index (χ1) is 14.9. The Hall–Kier alpha value is -2.54. The van der Waals surface area contributed by atoms with Crippen LogP contribution in [0.25, 0.3) is 6.08 Å². The Balaban J connectivity index is 1.71. The molecule has 0 unspecified atom stereocenters. The normalized spacial score (nSPS) is 11.1. The fourth-order valence-corrected chi connectivity index (χ4v) is 4.26. The topological polar surface area (TPSA) is 62.2 Å². The average molecular weight is 477 g/mol. The number of thioether (sulfide) groups is 1. The Labute approximate surface area is 193 Å². The van der Waals surface area contributed by atoms with E-state index < -0.39 is 5.97 Å². The minimum atomic E-state index is -1.33. The molecule has 0 aliphatic carbocycles. The standard InChI is InChI=1S/C23H18Cl2FNO3S/c24-18-2-1-3-19(25)23(18)31-14-17-8-10-21(20(27-17)9-11-22(28)29)30-13-12-15-4-6-16(26)7-5-15/h1-11H,12-14H2,(H,28,29)/p-1/b11-9+. The number of carbonyl (C=O) groups excluding carboxylic acids is 1. The lowest BCUT2D eigenvalue weighted by Gasteiger charge is -2.11. The van der Waals surface area contributed by atoms with Crippen LogP contribution in [0.4, 0.5) is 4.39 Å². The number of pyridine rings is 1. The van der Waals surface area contributed by atoms with Gasteiger partial charge >= 0.3 is 0 Å². The molecule has 8 heteroatoms. The van der Waals surface area contributed by atoms with Gasteiger partial charge in [-0.1, -0.05) is 41.4 Å². The van der Waals surface area contributed by atoms with Crippen LogP contribution in [0.3, 0.4) is 0 Å². The van der Waals surface area contributed by atoms with E-state index in [2.05, 4.69) is 4.98 Å². The van der Waals surface area contributed by atoms with Crippen molar-refractivity contribution in [3.05, 3.63) is 93.5 Å². The van der Waals surface area contributed by atoms with Crippen molar-refractivity contribution in [2.24, 2.45) is 0 Å². The van der Waals surface area contributed by atoms with Gasteiger partial charge in [-0.2, -0.15) is 0 Å². The molecule has 3 aromatic rings. The van der Waals surface area contributed by atoms with Crippen LogP contribution in [0.15, 0.2) is 65.6 Å². The first-order valence-electron chi connectivity index (χ1n) is 9.25. The monoisotopic (exact) mass is 476 g/mol. The van der Waals surface area contributed by atoms with Gasteiger partial charge in [0, 0.05) is 17.1 Å². The highest BCUT2D eigenvalue weighted by atomic mass is 35.5. The van der Waals surface area contributed by atoms with Gasteiger partial charge in [-0.05, 0) is 54.1 Å². The first kappa shape index (κ1) is 23.1. The number of carbonyl (C=O) groups is 1. The van der Waals surface area contributed by atoms with E-state index in [0.717, 1.165) is 16.5 Å². The van der Waals surface area contributed by atoms with Gasteiger partial charge in [0.1, 0.15) is 17.3 Å². The van der Waals surface area contributed by atoms with Crippen molar-refractivity contribution in [1.29, 1.82) is 0 Å². The zero-order valence-corrected chi connectivity index (χ0v) is 18.5. The third-order valence-electron chi connectivity index (χ3n) is 4.17. The molecule has 0 saturated heterocycles. The number of halogens is 3. The fourth-order valence-electron chi connectivity index (χ4n) is 2.67. The molecule has 160 valence electrons. The minimum absolute atomic E-state index is 0.296. The second-order valence-electron chi connectivity index (χ2n) is 6.40. The maximum absolute atomic E-state index is 13.0. The minimum Gasteiger partial charge on any atom is -0.545 e. The van der Waals surface area contributed by atoms with Crippen molar-refractivity contribution >= 4 is 47.0 Å². The van der Waals surface area contributed by atoms with Crippen molar-refractivity contribution in [3.8, 4) is 5.75 Å². The number of rotatable bonds is 9. The van der Waals surface area contributed by atoms with Crippen molar-refractivity contribution in [3.63, 3.8) is 0 Å². The quantitative estimate of drug-likeness (QED) is 0.313. The van der Waals surface area contributed by atoms with Gasteiger partial charge in [0.05, 0.1) is 28.3 Å². The van der Waals surface area contributed by atoms with Crippen LogP contribution < -0.4 is 9.84 Å². The molecule has 0 aliphatic heterocycles. The van der Waals surface area contributed by atoms with Crippen LogP contribution in [0.2, 0.25) is 10.0 Å². The molecule has 0 saturated carbocycles. The number of ether oxygens (including phenoxy) is 1. The molecule has 4 nitrogen and oxygen atoms in total. The summed E-state index contributed by atoms with van der Waals surface area (Å²) >= 11 is 13.8. The molecular formula is C23H17Cl2FNO3S-. The Kier molecular flexibility index (Phi) is 8.35. The highest BCUT2D eigenvalue weighted by molar-refractivity contribution is 7.98. The summed E-state index contributed by atoms with van der Waals surface area (Å²) in [6, 6.07) is 15.0. The summed E-state index contributed by atoms with van der Waals surface area (Å²) in [4.78, 5) is 16.1. The summed E-state index contributed by atoms with van der Waals surface area (Å²) in [6.07, 6.45) is 2.79. The third kappa shape index (κ3) is 6.99. The van der Waals surface area contributed by atoms with Gasteiger partial charge in [-0.3, -0.25) is 0 Å². The molecule has 0 aliphatic rings. The van der Waals surface area contributed by atoms with E-state index in [1.807, 2.05) is 0 Å². The Morgan fingerprint density at radius 3 is 2.48 bits per heavy atom. The molecule has 0 radical (unpaired) electrons. The highest BCUT2D eigenvalue weighted by Gasteiger charge is 2.10. The van der Waals surface area contributed by atoms with E-state index in [0.29, 0.717) is 46.0 Å². The highest BCUT2D eigenvalue weighted by Crippen LogP contribution is 2.35. The lowest BCUT2D eigenvalue weighted by atomic mass is 10.1. The number of carboxylic acid groups (broad SMARTS) is 1. The second-order valence-corrected chi connectivity index (χ2v) is 8.20. The molecule has 3 rings (SSSR count). The van der Waals surface area contributed by atoms with Crippen LogP contribution in [-0.4, -0.2) is 17.6 Å². The molecule has 2 aromatic carbocycles. The van der Waals surface area contributed by atoms with E-state index in [4.69, 9.17) is 27.9 Å². The number of benzene rings is 2. The molecule has 0 fully saturated rings. The largest absolute Gasteiger partial charge is 0.545 e. The summed E-state index contributed by atoms with van der Waals surface area (Å²) in [5.74, 6) is -0.716. The molecule has 0 N–H and O–H groups in total. The summed E-state index contributed by atoms with van der Waals surface area (Å²) in [6.45, 7) is 0.322. The van der Waals surface area contributed by atoms with Gasteiger partial charge in [0.15, 0.2) is 0 Å². The Morgan fingerprint density at radius 2 is 1.81 bits per heavy atom. The number of nitrogens with zero attached hydrogens (tertiary/aromatic N) is 1. The van der Waals surface area contributed by atoms with Crippen LogP contribution >= 0.6 is 35.0 Å². The van der Waals surface area contributed by atoms with Gasteiger partial charge in [-0.25, -0.2) is 9.37 Å². The van der Waals surface area contributed by atoms with Gasteiger partial charge in [0.2, 0.25) is 0 Å². The Morgan fingerprint density at radius 1 is 1.10 bits per heavy atom. The molecule has 1 aromatic heterocycles. The van der Waals surface area contributed by atoms with E-state index in [-0.39, 0.29) is 5.82 Å². The van der Waals surface area contributed by atoms with Gasteiger partial charge in [-0.15, -0.1) is 11.8 Å². The van der Waals surface area contributed by atoms with Crippen LogP contribution in [0.1, 0.15) is 17.0 Å². The third-order valence-corrected chi connectivity index (χ3v) is 6.19. The van der Waals surface area contributed by atoms with E-state index >= 15 is 0 Å². The fraction of sp³-hybridized carbons (Fsp3) is 0.130. The Bertz CT molecular complexity index is 1070. The maximum Gasteiger partial charge on any atom is 0.144 e. The van der Waals surface area contributed by atoms with E-state index in [9.17, 15) is 14.3 Å². The smallest absolute Gasteiger partial charge is 0.144 e. The molecular weight excluding hydrogens is 460 g/mol. The van der Waals surface area contributed by atoms with Crippen molar-refractivity contribution in [1.82, 2.24) is 4.98 Å². The number of carboxylic acids is 1. The van der Waals surface area contributed by atoms with Crippen molar-refractivity contribution < 1.29 is 19.0 Å². The molecule has 1 heterocycles. The predicted octanol–water partition coefficient (Wildman–Crippen LogP) is 5.20. The maximum atomic E-state index is 13.0. The summed E-state index contributed by atoms with van der Waals surface area (Å²) in [5.41, 5.74) is 1.99. The second kappa shape index (κ2) is 11.2. The SMILES string of the molecule is O=C([O-])/C=C/c1nc(CSc2c(Cl)cccc2Cl)ccc1OCCc1ccc(F)cc1. The first-order valence-corrected chi connectivity index (χ1v) is 11.0.